The highest BCUT2D eigenvalue weighted by Crippen LogP contribution is 2.12. The SMILES string of the molecule is O=C(O)/C=C\C(=O)OCCCCCCCCCCCCCC(=O)O. The van der Waals surface area contributed by atoms with Crippen LogP contribution in [0.3, 0.4) is 0 Å². The van der Waals surface area contributed by atoms with Gasteiger partial charge >= 0.3 is 17.9 Å². The third-order valence-electron chi connectivity index (χ3n) is 3.64. The van der Waals surface area contributed by atoms with Crippen molar-refractivity contribution in [3.63, 3.8) is 0 Å². The summed E-state index contributed by atoms with van der Waals surface area (Å²) in [5.41, 5.74) is 0. The molecular weight excluding hydrogens is 312 g/mol. The van der Waals surface area contributed by atoms with Crippen LogP contribution in [0.15, 0.2) is 12.2 Å². The second kappa shape index (κ2) is 16.0. The van der Waals surface area contributed by atoms with E-state index >= 15 is 0 Å². The zero-order chi connectivity index (χ0) is 18.0. The van der Waals surface area contributed by atoms with Gasteiger partial charge in [-0.2, -0.15) is 0 Å². The van der Waals surface area contributed by atoms with Crippen molar-refractivity contribution in [2.75, 3.05) is 6.61 Å². The van der Waals surface area contributed by atoms with Crippen molar-refractivity contribution in [1.82, 2.24) is 0 Å². The minimum absolute atomic E-state index is 0.283. The Morgan fingerprint density at radius 3 is 1.58 bits per heavy atom. The first-order valence-corrected chi connectivity index (χ1v) is 8.82. The van der Waals surface area contributed by atoms with Gasteiger partial charge in [0.25, 0.3) is 0 Å². The molecule has 6 heteroatoms. The second-order valence-corrected chi connectivity index (χ2v) is 5.87. The summed E-state index contributed by atoms with van der Waals surface area (Å²) in [6.45, 7) is 0.332. The molecule has 0 radical (unpaired) electrons. The molecule has 0 aromatic rings. The summed E-state index contributed by atoms with van der Waals surface area (Å²) >= 11 is 0. The van der Waals surface area contributed by atoms with Crippen LogP contribution in [0.1, 0.15) is 77.0 Å². The normalized spacial score (nSPS) is 10.8. The van der Waals surface area contributed by atoms with E-state index in [9.17, 15) is 14.4 Å². The zero-order valence-electron chi connectivity index (χ0n) is 14.4. The highest BCUT2D eigenvalue weighted by Gasteiger charge is 1.99. The monoisotopic (exact) mass is 342 g/mol. The molecule has 0 rings (SSSR count). The molecule has 0 saturated heterocycles. The molecule has 0 aliphatic heterocycles. The standard InChI is InChI=1S/C18H30O6/c19-16(20)12-10-8-6-4-2-1-3-5-7-9-11-15-24-18(23)14-13-17(21)22/h13-14H,1-12,15H2,(H,19,20)(H,21,22)/b14-13-. The van der Waals surface area contributed by atoms with Gasteiger partial charge in [0, 0.05) is 18.6 Å². The minimum Gasteiger partial charge on any atom is -0.481 e. The Hall–Kier alpha value is -1.85. The summed E-state index contributed by atoms with van der Waals surface area (Å²) in [4.78, 5) is 31.6. The molecule has 0 saturated carbocycles. The maximum Gasteiger partial charge on any atom is 0.331 e. The molecule has 0 fully saturated rings. The van der Waals surface area contributed by atoms with E-state index in [-0.39, 0.29) is 6.42 Å². The van der Waals surface area contributed by atoms with E-state index in [4.69, 9.17) is 14.9 Å². The zero-order valence-corrected chi connectivity index (χ0v) is 14.4. The molecule has 0 bridgehead atoms. The van der Waals surface area contributed by atoms with E-state index < -0.39 is 17.9 Å². The van der Waals surface area contributed by atoms with Gasteiger partial charge in [0.05, 0.1) is 6.61 Å². The molecule has 0 spiro atoms. The van der Waals surface area contributed by atoms with Crippen LogP contribution in [0.5, 0.6) is 0 Å². The van der Waals surface area contributed by atoms with Crippen LogP contribution in [-0.2, 0) is 19.1 Å². The molecule has 2 N–H and O–H groups in total. The number of carbonyl (C=O) groups excluding carboxylic acids is 1. The molecule has 0 aromatic heterocycles. The second-order valence-electron chi connectivity index (χ2n) is 5.87. The van der Waals surface area contributed by atoms with Gasteiger partial charge in [-0.05, 0) is 12.8 Å². The quantitative estimate of drug-likeness (QED) is 0.250. The fourth-order valence-corrected chi connectivity index (χ4v) is 2.33. The molecule has 0 aromatic carbocycles. The first-order valence-electron chi connectivity index (χ1n) is 8.82. The maximum atomic E-state index is 11.1. The van der Waals surface area contributed by atoms with E-state index in [2.05, 4.69) is 0 Å². The Labute approximate surface area is 143 Å². The average molecular weight is 342 g/mol. The van der Waals surface area contributed by atoms with Crippen molar-refractivity contribution in [2.45, 2.75) is 77.0 Å². The van der Waals surface area contributed by atoms with Gasteiger partial charge < -0.3 is 14.9 Å². The topological polar surface area (TPSA) is 101 Å². The number of unbranched alkanes of at least 4 members (excludes halogenated alkanes) is 10. The molecule has 0 amide bonds. The van der Waals surface area contributed by atoms with Crippen molar-refractivity contribution >= 4 is 17.9 Å². The summed E-state index contributed by atoms with van der Waals surface area (Å²) in [6.07, 6.45) is 13.8. The third kappa shape index (κ3) is 18.2. The number of esters is 1. The van der Waals surface area contributed by atoms with Gasteiger partial charge in [-0.25, -0.2) is 9.59 Å². The van der Waals surface area contributed by atoms with E-state index in [0.717, 1.165) is 50.7 Å². The summed E-state index contributed by atoms with van der Waals surface area (Å²) in [5.74, 6) is -2.48. The van der Waals surface area contributed by atoms with Crippen molar-refractivity contribution < 1.29 is 29.3 Å². The van der Waals surface area contributed by atoms with Gasteiger partial charge in [0.2, 0.25) is 0 Å². The smallest absolute Gasteiger partial charge is 0.331 e. The predicted octanol–water partition coefficient (Wildman–Crippen LogP) is 3.94. The molecule has 138 valence electrons. The van der Waals surface area contributed by atoms with Gasteiger partial charge in [0.1, 0.15) is 0 Å². The summed E-state index contributed by atoms with van der Waals surface area (Å²) in [7, 11) is 0. The molecule has 0 heterocycles. The first kappa shape index (κ1) is 22.1. The number of aliphatic carboxylic acids is 2. The van der Waals surface area contributed by atoms with Crippen molar-refractivity contribution in [3.8, 4) is 0 Å². The number of ether oxygens (including phenoxy) is 1. The molecule has 24 heavy (non-hydrogen) atoms. The Bertz CT molecular complexity index is 389. The average Bonchev–Trinajstić information content (AvgIpc) is 2.52. The number of hydrogen-bond donors (Lipinski definition) is 2. The molecular formula is C18H30O6. The fourth-order valence-electron chi connectivity index (χ4n) is 2.33. The summed E-state index contributed by atoms with van der Waals surface area (Å²) in [5, 5.41) is 16.9. The van der Waals surface area contributed by atoms with E-state index in [1.54, 1.807) is 0 Å². The third-order valence-corrected chi connectivity index (χ3v) is 3.64. The van der Waals surface area contributed by atoms with E-state index in [1.165, 1.54) is 32.1 Å². The van der Waals surface area contributed by atoms with Crippen LogP contribution in [0.2, 0.25) is 0 Å². The van der Waals surface area contributed by atoms with Crippen LogP contribution in [0.25, 0.3) is 0 Å². The summed E-state index contributed by atoms with van der Waals surface area (Å²) in [6, 6.07) is 0. The Balaban J connectivity index is 3.19. The van der Waals surface area contributed by atoms with Crippen LogP contribution in [-0.4, -0.2) is 34.7 Å². The Kier molecular flexibility index (Phi) is 14.8. The van der Waals surface area contributed by atoms with Gasteiger partial charge in [0.15, 0.2) is 0 Å². The fraction of sp³-hybridized carbons (Fsp3) is 0.722. The molecule has 0 atom stereocenters. The molecule has 0 aliphatic carbocycles. The van der Waals surface area contributed by atoms with E-state index in [1.807, 2.05) is 0 Å². The lowest BCUT2D eigenvalue weighted by atomic mass is 10.1. The van der Waals surface area contributed by atoms with Crippen LogP contribution < -0.4 is 0 Å². The molecule has 0 unspecified atom stereocenters. The van der Waals surface area contributed by atoms with Crippen LogP contribution in [0, 0.1) is 0 Å². The van der Waals surface area contributed by atoms with Crippen molar-refractivity contribution in [1.29, 1.82) is 0 Å². The number of carbonyl (C=O) groups is 3. The van der Waals surface area contributed by atoms with Gasteiger partial charge in [-0.1, -0.05) is 57.8 Å². The van der Waals surface area contributed by atoms with Crippen molar-refractivity contribution in [3.05, 3.63) is 12.2 Å². The maximum absolute atomic E-state index is 11.1. The van der Waals surface area contributed by atoms with Crippen LogP contribution >= 0.6 is 0 Å². The largest absolute Gasteiger partial charge is 0.481 e. The lowest BCUT2D eigenvalue weighted by Gasteiger charge is -2.03. The van der Waals surface area contributed by atoms with Crippen molar-refractivity contribution in [2.24, 2.45) is 0 Å². The molecule has 0 aliphatic rings. The van der Waals surface area contributed by atoms with Gasteiger partial charge in [-0.3, -0.25) is 4.79 Å². The lowest BCUT2D eigenvalue weighted by molar-refractivity contribution is -0.139. The Morgan fingerprint density at radius 1 is 0.667 bits per heavy atom. The van der Waals surface area contributed by atoms with Crippen LogP contribution in [0.4, 0.5) is 0 Å². The Morgan fingerprint density at radius 2 is 1.12 bits per heavy atom. The summed E-state index contributed by atoms with van der Waals surface area (Å²) < 4.78 is 4.87. The predicted molar refractivity (Wildman–Crippen MR) is 90.8 cm³/mol. The van der Waals surface area contributed by atoms with Gasteiger partial charge in [-0.15, -0.1) is 0 Å². The first-order chi connectivity index (χ1) is 11.5. The number of carboxylic acid groups (broad SMARTS) is 2. The highest BCUT2D eigenvalue weighted by atomic mass is 16.5. The number of carboxylic acids is 2. The number of rotatable bonds is 16. The molecule has 6 nitrogen and oxygen atoms in total. The minimum atomic E-state index is -1.16. The number of hydrogen-bond acceptors (Lipinski definition) is 4. The van der Waals surface area contributed by atoms with E-state index in [0.29, 0.717) is 6.61 Å². The highest BCUT2D eigenvalue weighted by molar-refractivity contribution is 5.90. The lowest BCUT2D eigenvalue weighted by Crippen LogP contribution is -2.03.